The van der Waals surface area contributed by atoms with Crippen molar-refractivity contribution in [1.82, 2.24) is 4.90 Å². The van der Waals surface area contributed by atoms with Gasteiger partial charge in [-0.1, -0.05) is 0 Å². The second-order valence-electron chi connectivity index (χ2n) is 4.82. The van der Waals surface area contributed by atoms with Crippen LogP contribution in [0.25, 0.3) is 0 Å². The first kappa shape index (κ1) is 14.5. The average molecular weight is 282 g/mol. The summed E-state index contributed by atoms with van der Waals surface area (Å²) in [5.41, 5.74) is 0. The number of carbonyl (C=O) groups is 1. The predicted octanol–water partition coefficient (Wildman–Crippen LogP) is 1.96. The summed E-state index contributed by atoms with van der Waals surface area (Å²) in [5, 5.41) is 10.6. The van der Waals surface area contributed by atoms with Gasteiger partial charge in [0.05, 0.1) is 25.1 Å². The van der Waals surface area contributed by atoms with Gasteiger partial charge in [-0.2, -0.15) is 0 Å². The largest absolute Gasteiger partial charge is 0.466 e. The molecule has 0 radical (unpaired) electrons. The summed E-state index contributed by atoms with van der Waals surface area (Å²) in [4.78, 5) is 23.8. The van der Waals surface area contributed by atoms with Crippen LogP contribution in [0.3, 0.4) is 0 Å². The molecule has 0 unspecified atom stereocenters. The SMILES string of the molecule is CCOC(=O)[C@H]1CCCN(Cc2ccc([N+](=O)[O-])o2)C1. The molecule has 2 heterocycles. The fourth-order valence-corrected chi connectivity index (χ4v) is 2.42. The van der Waals surface area contributed by atoms with Gasteiger partial charge in [-0.15, -0.1) is 0 Å². The number of hydrogen-bond acceptors (Lipinski definition) is 6. The lowest BCUT2D eigenvalue weighted by Crippen LogP contribution is -2.38. The van der Waals surface area contributed by atoms with Crippen molar-refractivity contribution in [3.8, 4) is 0 Å². The van der Waals surface area contributed by atoms with E-state index >= 15 is 0 Å². The monoisotopic (exact) mass is 282 g/mol. The number of carbonyl (C=O) groups excluding carboxylic acids is 1. The van der Waals surface area contributed by atoms with Gasteiger partial charge in [-0.25, -0.2) is 0 Å². The van der Waals surface area contributed by atoms with Crippen molar-refractivity contribution < 1.29 is 18.9 Å². The minimum Gasteiger partial charge on any atom is -0.466 e. The number of esters is 1. The maximum Gasteiger partial charge on any atom is 0.433 e. The van der Waals surface area contributed by atoms with Crippen molar-refractivity contribution in [1.29, 1.82) is 0 Å². The second kappa shape index (κ2) is 6.51. The molecule has 1 aromatic rings. The second-order valence-corrected chi connectivity index (χ2v) is 4.82. The number of piperidine rings is 1. The number of ether oxygens (including phenoxy) is 1. The minimum atomic E-state index is -0.554. The van der Waals surface area contributed by atoms with Gasteiger partial charge >= 0.3 is 11.9 Å². The molecule has 1 aliphatic rings. The highest BCUT2D eigenvalue weighted by atomic mass is 16.6. The Hall–Kier alpha value is -1.89. The van der Waals surface area contributed by atoms with Crippen LogP contribution >= 0.6 is 0 Å². The smallest absolute Gasteiger partial charge is 0.433 e. The Labute approximate surface area is 116 Å². The molecule has 2 rings (SSSR count). The van der Waals surface area contributed by atoms with E-state index < -0.39 is 4.92 Å². The summed E-state index contributed by atoms with van der Waals surface area (Å²) in [6, 6.07) is 2.95. The van der Waals surface area contributed by atoms with Crippen molar-refractivity contribution in [2.45, 2.75) is 26.3 Å². The Balaban J connectivity index is 1.92. The molecule has 20 heavy (non-hydrogen) atoms. The third kappa shape index (κ3) is 3.57. The maximum absolute atomic E-state index is 11.7. The van der Waals surface area contributed by atoms with E-state index in [1.54, 1.807) is 13.0 Å². The molecule has 1 saturated heterocycles. The molecule has 1 fully saturated rings. The van der Waals surface area contributed by atoms with Gasteiger partial charge in [0.25, 0.3) is 0 Å². The Morgan fingerprint density at radius 1 is 1.60 bits per heavy atom. The Bertz CT molecular complexity index is 485. The van der Waals surface area contributed by atoms with Crippen LogP contribution in [-0.4, -0.2) is 35.5 Å². The van der Waals surface area contributed by atoms with Crippen LogP contribution in [0.2, 0.25) is 0 Å². The van der Waals surface area contributed by atoms with E-state index in [4.69, 9.17) is 9.15 Å². The summed E-state index contributed by atoms with van der Waals surface area (Å²) in [7, 11) is 0. The zero-order chi connectivity index (χ0) is 14.5. The van der Waals surface area contributed by atoms with Crippen molar-refractivity contribution in [2.24, 2.45) is 5.92 Å². The van der Waals surface area contributed by atoms with Crippen LogP contribution in [0, 0.1) is 16.0 Å². The Morgan fingerprint density at radius 2 is 2.40 bits per heavy atom. The van der Waals surface area contributed by atoms with Crippen LogP contribution in [0.1, 0.15) is 25.5 Å². The van der Waals surface area contributed by atoms with Crippen molar-refractivity contribution in [2.75, 3.05) is 19.7 Å². The first-order valence-corrected chi connectivity index (χ1v) is 6.72. The van der Waals surface area contributed by atoms with E-state index in [-0.39, 0.29) is 17.8 Å². The van der Waals surface area contributed by atoms with Crippen LogP contribution in [0.5, 0.6) is 0 Å². The molecule has 0 aromatic carbocycles. The van der Waals surface area contributed by atoms with E-state index in [0.29, 0.717) is 25.5 Å². The van der Waals surface area contributed by atoms with Gasteiger partial charge < -0.3 is 9.15 Å². The van der Waals surface area contributed by atoms with Crippen molar-refractivity contribution in [3.63, 3.8) is 0 Å². The highest BCUT2D eigenvalue weighted by molar-refractivity contribution is 5.72. The van der Waals surface area contributed by atoms with Crippen molar-refractivity contribution in [3.05, 3.63) is 28.0 Å². The van der Waals surface area contributed by atoms with Crippen LogP contribution in [-0.2, 0) is 16.1 Å². The highest BCUT2D eigenvalue weighted by Crippen LogP contribution is 2.22. The third-order valence-corrected chi connectivity index (χ3v) is 3.33. The van der Waals surface area contributed by atoms with E-state index in [9.17, 15) is 14.9 Å². The molecule has 0 saturated carbocycles. The normalized spacial score (nSPS) is 19.8. The summed E-state index contributed by atoms with van der Waals surface area (Å²) in [5.74, 6) is 0.0106. The number of rotatable bonds is 5. The maximum atomic E-state index is 11.7. The summed E-state index contributed by atoms with van der Waals surface area (Å²) >= 11 is 0. The first-order chi connectivity index (χ1) is 9.60. The van der Waals surface area contributed by atoms with Gasteiger partial charge in [0.2, 0.25) is 0 Å². The fraction of sp³-hybridized carbons (Fsp3) is 0.615. The molecule has 0 spiro atoms. The van der Waals surface area contributed by atoms with Gasteiger partial charge in [0.1, 0.15) is 10.7 Å². The summed E-state index contributed by atoms with van der Waals surface area (Å²) in [6.07, 6.45) is 1.74. The van der Waals surface area contributed by atoms with Crippen LogP contribution < -0.4 is 0 Å². The van der Waals surface area contributed by atoms with E-state index in [1.165, 1.54) is 6.07 Å². The first-order valence-electron chi connectivity index (χ1n) is 6.72. The summed E-state index contributed by atoms with van der Waals surface area (Å²) in [6.45, 7) is 4.11. The lowest BCUT2D eigenvalue weighted by atomic mass is 9.98. The van der Waals surface area contributed by atoms with Crippen LogP contribution in [0.15, 0.2) is 16.5 Å². The zero-order valence-electron chi connectivity index (χ0n) is 11.4. The molecule has 7 heteroatoms. The predicted molar refractivity (Wildman–Crippen MR) is 70.0 cm³/mol. The molecule has 0 aliphatic carbocycles. The third-order valence-electron chi connectivity index (χ3n) is 3.33. The molecule has 1 aromatic heterocycles. The summed E-state index contributed by atoms with van der Waals surface area (Å²) < 4.78 is 10.2. The van der Waals surface area contributed by atoms with Gasteiger partial charge in [0.15, 0.2) is 0 Å². The molecular formula is C13H18N2O5. The standard InChI is InChI=1S/C13H18N2O5/c1-2-19-13(16)10-4-3-7-14(8-10)9-11-5-6-12(20-11)15(17)18/h5-6,10H,2-4,7-9H2,1H3/t10-/m0/s1. The quantitative estimate of drug-likeness (QED) is 0.466. The molecule has 110 valence electrons. The van der Waals surface area contributed by atoms with Crippen LogP contribution in [0.4, 0.5) is 5.88 Å². The van der Waals surface area contributed by atoms with E-state index in [0.717, 1.165) is 19.4 Å². The lowest BCUT2D eigenvalue weighted by Gasteiger charge is -2.30. The number of hydrogen-bond donors (Lipinski definition) is 0. The lowest BCUT2D eigenvalue weighted by molar-refractivity contribution is -0.402. The Morgan fingerprint density at radius 3 is 3.05 bits per heavy atom. The molecule has 0 N–H and O–H groups in total. The number of nitrogens with zero attached hydrogens (tertiary/aromatic N) is 2. The molecule has 1 atom stereocenters. The molecular weight excluding hydrogens is 264 g/mol. The number of likely N-dealkylation sites (tertiary alicyclic amines) is 1. The van der Waals surface area contributed by atoms with Gasteiger partial charge in [-0.3, -0.25) is 19.8 Å². The molecule has 1 aliphatic heterocycles. The topological polar surface area (TPSA) is 85.8 Å². The van der Waals surface area contributed by atoms with Gasteiger partial charge in [0, 0.05) is 6.54 Å². The zero-order valence-corrected chi connectivity index (χ0v) is 11.4. The van der Waals surface area contributed by atoms with E-state index in [1.807, 2.05) is 0 Å². The fourth-order valence-electron chi connectivity index (χ4n) is 2.42. The number of furan rings is 1. The average Bonchev–Trinajstić information content (AvgIpc) is 2.88. The van der Waals surface area contributed by atoms with E-state index in [2.05, 4.69) is 4.90 Å². The van der Waals surface area contributed by atoms with Gasteiger partial charge in [-0.05, 0) is 32.4 Å². The minimum absolute atomic E-state index is 0.117. The molecule has 0 amide bonds. The number of nitro groups is 1. The molecule has 0 bridgehead atoms. The Kier molecular flexibility index (Phi) is 4.73. The highest BCUT2D eigenvalue weighted by Gasteiger charge is 2.27. The van der Waals surface area contributed by atoms with Crippen molar-refractivity contribution >= 4 is 11.9 Å². The molecule has 7 nitrogen and oxygen atoms in total.